The van der Waals surface area contributed by atoms with Crippen LogP contribution >= 0.6 is 0 Å². The van der Waals surface area contributed by atoms with Crippen LogP contribution < -0.4 is 0 Å². The van der Waals surface area contributed by atoms with E-state index in [9.17, 15) is 20.2 Å². The van der Waals surface area contributed by atoms with Crippen LogP contribution in [0, 0.1) is 17.8 Å². The minimum Gasteiger partial charge on any atom is -0.462 e. The van der Waals surface area contributed by atoms with Gasteiger partial charge in [-0.3, -0.25) is 4.79 Å². The summed E-state index contributed by atoms with van der Waals surface area (Å²) in [7, 11) is 0. The third kappa shape index (κ3) is 5.97. The maximum Gasteiger partial charge on any atom is 0.316 e. The predicted octanol–water partition coefficient (Wildman–Crippen LogP) is 4.37. The molecule has 4 aliphatic heterocycles. The molecular formula is C32H45NO8. The molecule has 0 aromatic rings. The van der Waals surface area contributed by atoms with E-state index in [4.69, 9.17) is 18.9 Å². The molecular weight excluding hydrogens is 526 g/mol. The lowest BCUT2D eigenvalue weighted by molar-refractivity contribution is -0.336. The number of hydrogen-bond donors (Lipinski definition) is 3. The molecule has 9 heteroatoms. The molecule has 0 saturated carbocycles. The van der Waals surface area contributed by atoms with Crippen molar-refractivity contribution < 1.29 is 39.2 Å². The summed E-state index contributed by atoms with van der Waals surface area (Å²) in [5, 5.41) is 34.9. The Morgan fingerprint density at radius 2 is 1.98 bits per heavy atom. The third-order valence-electron chi connectivity index (χ3n) is 9.46. The number of oxime groups is 1. The van der Waals surface area contributed by atoms with Crippen LogP contribution in [0.1, 0.15) is 72.6 Å². The second kappa shape index (κ2) is 12.1. The molecule has 0 unspecified atom stereocenters. The van der Waals surface area contributed by atoms with E-state index in [1.54, 1.807) is 13.0 Å². The average molecular weight is 572 g/mol. The third-order valence-corrected chi connectivity index (χ3v) is 9.46. The van der Waals surface area contributed by atoms with Crippen LogP contribution in [0.2, 0.25) is 0 Å². The van der Waals surface area contributed by atoms with E-state index in [1.807, 2.05) is 12.2 Å². The highest BCUT2D eigenvalue weighted by Crippen LogP contribution is 2.46. The van der Waals surface area contributed by atoms with Gasteiger partial charge in [-0.15, -0.1) is 0 Å². The number of rotatable bonds is 2. The maximum atomic E-state index is 13.9. The predicted molar refractivity (Wildman–Crippen MR) is 152 cm³/mol. The van der Waals surface area contributed by atoms with Gasteiger partial charge in [0.15, 0.2) is 5.79 Å². The van der Waals surface area contributed by atoms with Crippen LogP contribution in [0.15, 0.2) is 52.3 Å². The number of carbonyl (C=O) groups excluding carboxylic acids is 1. The number of fused-ring (bicyclic) bond motifs is 2. The monoisotopic (exact) mass is 571 g/mol. The first-order valence-electron chi connectivity index (χ1n) is 15.0. The summed E-state index contributed by atoms with van der Waals surface area (Å²) in [5.41, 5.74) is 0.799. The van der Waals surface area contributed by atoms with Crippen molar-refractivity contribution in [2.75, 3.05) is 13.2 Å². The highest BCUT2D eigenvalue weighted by Gasteiger charge is 2.59. The van der Waals surface area contributed by atoms with Crippen molar-refractivity contribution in [3.8, 4) is 0 Å². The summed E-state index contributed by atoms with van der Waals surface area (Å²) in [6.45, 7) is 8.26. The van der Waals surface area contributed by atoms with Gasteiger partial charge in [0.05, 0.1) is 18.8 Å². The fourth-order valence-electron chi connectivity index (χ4n) is 7.20. The van der Waals surface area contributed by atoms with Crippen molar-refractivity contribution in [2.45, 2.75) is 108 Å². The van der Waals surface area contributed by atoms with Gasteiger partial charge in [-0.2, -0.15) is 0 Å². The Bertz CT molecular complexity index is 1160. The van der Waals surface area contributed by atoms with Crippen LogP contribution in [0.4, 0.5) is 0 Å². The molecule has 1 spiro atoms. The van der Waals surface area contributed by atoms with Crippen molar-refractivity contribution in [1.82, 2.24) is 0 Å². The lowest BCUT2D eigenvalue weighted by Crippen LogP contribution is -2.57. The molecule has 3 N–H and O–H groups in total. The standard InChI is InChI=1S/C32H45NO8/c1-19-6-5-7-23-18-38-29-28(33-37)22(4)15-26(32(23,29)36)30(35)39-25-16-24(9-8-20(2)14-19)40-31(17-25)12-10-21(3)27(41-31)11-13-34/h5-8,15,19,21,24-27,29,34,36-37H,9-14,16-18H2,1-4H3/b6-5+,20-8+,23-7+,33-28-/t19-,21-,24+,25-,26-,27+,29+,31+,32+/m0/s1. The minimum atomic E-state index is -1.75. The highest BCUT2D eigenvalue weighted by atomic mass is 16.7. The van der Waals surface area contributed by atoms with Gasteiger partial charge in [-0.05, 0) is 62.5 Å². The van der Waals surface area contributed by atoms with E-state index in [0.29, 0.717) is 43.3 Å². The average Bonchev–Trinajstić information content (AvgIpc) is 3.25. The van der Waals surface area contributed by atoms with Gasteiger partial charge in [-0.25, -0.2) is 0 Å². The summed E-state index contributed by atoms with van der Waals surface area (Å²) in [5.74, 6) is -1.96. The molecule has 4 heterocycles. The van der Waals surface area contributed by atoms with E-state index >= 15 is 0 Å². The number of hydrogen-bond acceptors (Lipinski definition) is 9. The summed E-state index contributed by atoms with van der Waals surface area (Å²) >= 11 is 0. The van der Waals surface area contributed by atoms with Gasteiger partial charge in [0.2, 0.25) is 0 Å². The quantitative estimate of drug-likeness (QED) is 0.193. The molecule has 41 heavy (non-hydrogen) atoms. The largest absolute Gasteiger partial charge is 0.462 e. The SMILES string of the molecule is CC1=C[C@H]2C(=O)O[C@H]3C[C@@H](C/C=C(\C)C[C@@H](C)/C=C/C=C4\CO[C@H](/C1=N\O)[C@@]42O)O[C@@]1(CC[C@H](C)[C@@H](CCO)O1)C3. The van der Waals surface area contributed by atoms with Gasteiger partial charge < -0.3 is 34.4 Å². The molecule has 5 rings (SSSR count). The number of allylic oxidation sites excluding steroid dienone is 4. The molecule has 0 radical (unpaired) electrons. The topological polar surface area (TPSA) is 127 Å². The fourth-order valence-corrected chi connectivity index (χ4v) is 7.20. The molecule has 226 valence electrons. The molecule has 2 bridgehead atoms. The molecule has 9 atom stereocenters. The van der Waals surface area contributed by atoms with Crippen molar-refractivity contribution >= 4 is 11.7 Å². The Kier molecular flexibility index (Phi) is 8.93. The van der Waals surface area contributed by atoms with E-state index in [0.717, 1.165) is 12.8 Å². The zero-order valence-electron chi connectivity index (χ0n) is 24.6. The highest BCUT2D eigenvalue weighted by molar-refractivity contribution is 6.06. The zero-order chi connectivity index (χ0) is 29.4. The summed E-state index contributed by atoms with van der Waals surface area (Å²) in [6, 6.07) is 0. The van der Waals surface area contributed by atoms with E-state index in [2.05, 4.69) is 38.1 Å². The number of carbonyl (C=O) groups is 1. The number of nitrogens with zero attached hydrogens (tertiary/aromatic N) is 1. The Labute approximate surface area is 242 Å². The van der Waals surface area contributed by atoms with Gasteiger partial charge in [0.1, 0.15) is 29.4 Å². The van der Waals surface area contributed by atoms with Gasteiger partial charge in [0, 0.05) is 25.9 Å². The lowest BCUT2D eigenvalue weighted by atomic mass is 9.71. The zero-order valence-corrected chi connectivity index (χ0v) is 24.6. The van der Waals surface area contributed by atoms with E-state index in [-0.39, 0.29) is 43.0 Å². The van der Waals surface area contributed by atoms with E-state index in [1.165, 1.54) is 5.57 Å². The number of esters is 1. The molecule has 9 nitrogen and oxygen atoms in total. The molecule has 3 fully saturated rings. The maximum absolute atomic E-state index is 13.9. The summed E-state index contributed by atoms with van der Waals surface area (Å²) in [6.07, 6.45) is 12.3. The van der Waals surface area contributed by atoms with Crippen molar-refractivity contribution in [3.05, 3.63) is 47.1 Å². The number of aliphatic hydroxyl groups is 2. The smallest absolute Gasteiger partial charge is 0.316 e. The van der Waals surface area contributed by atoms with Crippen molar-refractivity contribution in [2.24, 2.45) is 22.9 Å². The molecule has 0 aromatic heterocycles. The van der Waals surface area contributed by atoms with Crippen molar-refractivity contribution in [1.29, 1.82) is 0 Å². The first-order valence-corrected chi connectivity index (χ1v) is 15.0. The molecule has 3 saturated heterocycles. The van der Waals surface area contributed by atoms with Gasteiger partial charge in [-0.1, -0.05) is 55.0 Å². The van der Waals surface area contributed by atoms with Crippen LogP contribution in [-0.2, 0) is 23.7 Å². The Hall–Kier alpha value is -2.30. The second-order valence-electron chi connectivity index (χ2n) is 12.7. The van der Waals surface area contributed by atoms with E-state index < -0.39 is 35.5 Å². The normalized spacial score (nSPS) is 46.1. The fraction of sp³-hybridized carbons (Fsp3) is 0.688. The molecule has 0 aromatic carbocycles. The Morgan fingerprint density at radius 3 is 2.73 bits per heavy atom. The molecule has 1 aliphatic carbocycles. The number of aliphatic hydroxyl groups excluding tert-OH is 1. The second-order valence-corrected chi connectivity index (χ2v) is 12.7. The first kappa shape index (κ1) is 30.2. The van der Waals surface area contributed by atoms with Crippen molar-refractivity contribution in [3.63, 3.8) is 0 Å². The molecule has 0 amide bonds. The van der Waals surface area contributed by atoms with Gasteiger partial charge in [0.25, 0.3) is 0 Å². The van der Waals surface area contributed by atoms with Crippen LogP contribution in [0.25, 0.3) is 0 Å². The number of ether oxygens (including phenoxy) is 4. The first-order chi connectivity index (χ1) is 19.6. The van der Waals surface area contributed by atoms with Crippen LogP contribution in [-0.4, -0.2) is 76.1 Å². The molecule has 5 aliphatic rings. The van der Waals surface area contributed by atoms with Crippen LogP contribution in [0.5, 0.6) is 0 Å². The van der Waals surface area contributed by atoms with Crippen LogP contribution in [0.3, 0.4) is 0 Å². The summed E-state index contributed by atoms with van der Waals surface area (Å²) in [4.78, 5) is 13.9. The Balaban J connectivity index is 1.52. The Morgan fingerprint density at radius 1 is 1.17 bits per heavy atom. The van der Waals surface area contributed by atoms with Gasteiger partial charge >= 0.3 is 5.97 Å². The summed E-state index contributed by atoms with van der Waals surface area (Å²) < 4.78 is 25.4. The minimum absolute atomic E-state index is 0.0334. The lowest BCUT2D eigenvalue weighted by Gasteiger charge is -2.50.